The summed E-state index contributed by atoms with van der Waals surface area (Å²) in [5.74, 6) is 0. The van der Waals surface area contributed by atoms with Crippen molar-refractivity contribution in [3.63, 3.8) is 0 Å². The lowest BCUT2D eigenvalue weighted by Gasteiger charge is -2.24. The van der Waals surface area contributed by atoms with E-state index in [0.717, 1.165) is 5.57 Å². The minimum absolute atomic E-state index is 0.0934. The van der Waals surface area contributed by atoms with Gasteiger partial charge in [-0.25, -0.2) is 0 Å². The van der Waals surface area contributed by atoms with E-state index in [9.17, 15) is 0 Å². The molecule has 1 aliphatic heterocycles. The Balaban J connectivity index is 2.88. The minimum Gasteiger partial charge on any atom is -0.281 e. The molecule has 1 atom stereocenters. The molecule has 0 N–H and O–H groups in total. The van der Waals surface area contributed by atoms with Crippen LogP contribution in [0.15, 0.2) is 60.9 Å². The number of halogens is 1. The van der Waals surface area contributed by atoms with E-state index >= 15 is 0 Å². The van der Waals surface area contributed by atoms with E-state index in [2.05, 4.69) is 6.58 Å². The average Bonchev–Trinajstić information content (AvgIpc) is 2.18. The molecule has 0 aromatic rings. The van der Waals surface area contributed by atoms with Gasteiger partial charge in [-0.3, -0.25) is 4.42 Å². The van der Waals surface area contributed by atoms with Crippen LogP contribution in [0.4, 0.5) is 0 Å². The van der Waals surface area contributed by atoms with Gasteiger partial charge in [0.25, 0.3) is 0 Å². The molecule has 0 saturated heterocycles. The Morgan fingerprint density at radius 1 is 1.50 bits per heavy atom. The third-order valence-electron chi connectivity index (χ3n) is 1.91. The lowest BCUT2D eigenvalue weighted by atomic mass is 10.0. The Morgan fingerprint density at radius 3 is 2.86 bits per heavy atom. The fourth-order valence-electron chi connectivity index (χ4n) is 1.31. The Bertz CT molecular complexity index is 310. The van der Waals surface area contributed by atoms with Crippen LogP contribution in [0.3, 0.4) is 0 Å². The quantitative estimate of drug-likeness (QED) is 0.505. The van der Waals surface area contributed by atoms with E-state index in [1.54, 1.807) is 10.5 Å². The normalized spacial score (nSPS) is 22.0. The molecule has 1 nitrogen and oxygen atoms in total. The van der Waals surface area contributed by atoms with Gasteiger partial charge in [0.05, 0.1) is 6.04 Å². The highest BCUT2D eigenvalue weighted by molar-refractivity contribution is 6.14. The van der Waals surface area contributed by atoms with Crippen LogP contribution in [-0.4, -0.2) is 10.5 Å². The fourth-order valence-corrected chi connectivity index (χ4v) is 1.55. The molecule has 1 heterocycles. The van der Waals surface area contributed by atoms with Gasteiger partial charge in [0, 0.05) is 18.0 Å². The van der Waals surface area contributed by atoms with Gasteiger partial charge in [0.15, 0.2) is 0 Å². The molecule has 0 fully saturated rings. The van der Waals surface area contributed by atoms with Crippen molar-refractivity contribution in [3.05, 3.63) is 60.9 Å². The summed E-state index contributed by atoms with van der Waals surface area (Å²) in [4.78, 5) is 0. The lowest BCUT2D eigenvalue weighted by molar-refractivity contribution is 0.559. The smallest absolute Gasteiger partial charge is 0.0886 e. The van der Waals surface area contributed by atoms with Gasteiger partial charge in [-0.1, -0.05) is 43.0 Å². The number of allylic oxidation sites excluding steroid dienone is 5. The molecule has 0 radical (unpaired) electrons. The van der Waals surface area contributed by atoms with Gasteiger partial charge < -0.3 is 0 Å². The van der Waals surface area contributed by atoms with Crippen LogP contribution in [0, 0.1) is 0 Å². The van der Waals surface area contributed by atoms with Crippen molar-refractivity contribution < 1.29 is 0 Å². The van der Waals surface area contributed by atoms with Gasteiger partial charge in [-0.15, -0.1) is 0 Å². The largest absolute Gasteiger partial charge is 0.281 e. The van der Waals surface area contributed by atoms with Crippen LogP contribution in [0.1, 0.15) is 6.92 Å². The Labute approximate surface area is 90.5 Å². The summed E-state index contributed by atoms with van der Waals surface area (Å²) in [5, 5.41) is 0. The zero-order chi connectivity index (χ0) is 10.4. The van der Waals surface area contributed by atoms with Gasteiger partial charge in [-0.2, -0.15) is 0 Å². The minimum atomic E-state index is 0.0934. The third kappa shape index (κ3) is 2.64. The highest BCUT2D eigenvalue weighted by Gasteiger charge is 2.14. The van der Waals surface area contributed by atoms with Crippen LogP contribution >= 0.6 is 11.8 Å². The first kappa shape index (κ1) is 10.9. The highest BCUT2D eigenvalue weighted by atomic mass is 35.5. The molecule has 2 heteroatoms. The number of hydrogen-bond donors (Lipinski definition) is 0. The SMILES string of the molecule is C=C/C=C(\C=C/C)C1C=CC=CN1Cl. The third-order valence-corrected chi connectivity index (χ3v) is 2.23. The van der Waals surface area contributed by atoms with E-state index in [-0.39, 0.29) is 6.04 Å². The van der Waals surface area contributed by atoms with Gasteiger partial charge >= 0.3 is 0 Å². The summed E-state index contributed by atoms with van der Waals surface area (Å²) >= 11 is 6.04. The van der Waals surface area contributed by atoms with E-state index in [4.69, 9.17) is 11.8 Å². The number of rotatable bonds is 3. The lowest BCUT2D eigenvalue weighted by Crippen LogP contribution is -2.23. The molecule has 0 amide bonds. The number of hydrogen-bond acceptors (Lipinski definition) is 1. The van der Waals surface area contributed by atoms with E-state index in [0.29, 0.717) is 0 Å². The van der Waals surface area contributed by atoms with Gasteiger partial charge in [0.1, 0.15) is 0 Å². The second kappa shape index (κ2) is 5.51. The molecule has 14 heavy (non-hydrogen) atoms. The van der Waals surface area contributed by atoms with Crippen molar-refractivity contribution in [1.29, 1.82) is 0 Å². The molecule has 1 unspecified atom stereocenters. The van der Waals surface area contributed by atoms with Crippen molar-refractivity contribution in [3.8, 4) is 0 Å². The molecule has 1 aliphatic rings. The van der Waals surface area contributed by atoms with Crippen molar-refractivity contribution in [1.82, 2.24) is 4.42 Å². The Hall–Kier alpha value is -1.21. The second-order valence-corrected chi connectivity index (χ2v) is 3.31. The molecular weight excluding hydrogens is 194 g/mol. The molecule has 0 bridgehead atoms. The van der Waals surface area contributed by atoms with Crippen LogP contribution in [0.5, 0.6) is 0 Å². The monoisotopic (exact) mass is 207 g/mol. The van der Waals surface area contributed by atoms with Crippen molar-refractivity contribution in [2.45, 2.75) is 13.0 Å². The summed E-state index contributed by atoms with van der Waals surface area (Å²) in [5.41, 5.74) is 1.12. The first-order valence-corrected chi connectivity index (χ1v) is 4.88. The van der Waals surface area contributed by atoms with Crippen molar-refractivity contribution >= 4 is 11.8 Å². The maximum Gasteiger partial charge on any atom is 0.0886 e. The molecule has 0 spiro atoms. The maximum absolute atomic E-state index is 6.04. The average molecular weight is 208 g/mol. The fraction of sp³-hybridized carbons (Fsp3) is 0.167. The van der Waals surface area contributed by atoms with Gasteiger partial charge in [-0.05, 0) is 18.6 Å². The first-order valence-electron chi connectivity index (χ1n) is 4.54. The predicted octanol–water partition coefficient (Wildman–Crippen LogP) is 3.58. The van der Waals surface area contributed by atoms with Crippen LogP contribution < -0.4 is 0 Å². The molecule has 0 aromatic heterocycles. The van der Waals surface area contributed by atoms with Crippen molar-refractivity contribution in [2.24, 2.45) is 0 Å². The van der Waals surface area contributed by atoms with Crippen LogP contribution in [-0.2, 0) is 0 Å². The summed E-state index contributed by atoms with van der Waals surface area (Å²) in [6, 6.07) is 0.0934. The summed E-state index contributed by atoms with van der Waals surface area (Å²) in [7, 11) is 0. The molecule has 0 aromatic carbocycles. The second-order valence-electron chi connectivity index (χ2n) is 2.92. The zero-order valence-corrected chi connectivity index (χ0v) is 8.98. The van der Waals surface area contributed by atoms with Crippen LogP contribution in [0.2, 0.25) is 0 Å². The topological polar surface area (TPSA) is 3.24 Å². The van der Waals surface area contributed by atoms with Crippen molar-refractivity contribution in [2.75, 3.05) is 0 Å². The zero-order valence-electron chi connectivity index (χ0n) is 8.23. The summed E-state index contributed by atoms with van der Waals surface area (Å²) in [6.45, 7) is 5.67. The summed E-state index contributed by atoms with van der Waals surface area (Å²) < 4.78 is 1.65. The molecule has 0 saturated carbocycles. The van der Waals surface area contributed by atoms with E-state index in [1.807, 2.05) is 49.6 Å². The summed E-state index contributed by atoms with van der Waals surface area (Å²) in [6.07, 6.45) is 15.5. The van der Waals surface area contributed by atoms with Crippen LogP contribution in [0.25, 0.3) is 0 Å². The standard InChI is InChI=1S/C12H14ClN/c1-3-7-11(8-4-2)12-9-5-6-10-14(12)13/h3-10,12H,1H2,2H3/b8-4-,11-7+. The van der Waals surface area contributed by atoms with Gasteiger partial charge in [0.2, 0.25) is 0 Å². The molecule has 74 valence electrons. The molecular formula is C12H14ClN. The molecule has 0 aliphatic carbocycles. The van der Waals surface area contributed by atoms with E-state index < -0.39 is 0 Å². The Morgan fingerprint density at radius 2 is 2.29 bits per heavy atom. The highest BCUT2D eigenvalue weighted by Crippen LogP contribution is 2.19. The number of nitrogens with zero attached hydrogens (tertiary/aromatic N) is 1. The Kier molecular flexibility index (Phi) is 4.27. The predicted molar refractivity (Wildman–Crippen MR) is 62.9 cm³/mol. The van der Waals surface area contributed by atoms with E-state index in [1.165, 1.54) is 0 Å². The molecule has 1 rings (SSSR count). The first-order chi connectivity index (χ1) is 6.79. The maximum atomic E-state index is 6.04.